The van der Waals surface area contributed by atoms with E-state index in [9.17, 15) is 18.4 Å². The van der Waals surface area contributed by atoms with Gasteiger partial charge >= 0.3 is 12.0 Å². The molecule has 1 aromatic rings. The van der Waals surface area contributed by atoms with Crippen LogP contribution in [0.4, 0.5) is 19.3 Å². The Balaban J connectivity index is 2.84. The van der Waals surface area contributed by atoms with Crippen LogP contribution < -0.4 is 10.6 Å². The third kappa shape index (κ3) is 3.40. The fraction of sp³-hybridized carbons (Fsp3) is 0.333. The number of hydrogen-bond acceptors (Lipinski definition) is 2. The molecule has 0 aliphatic heterocycles. The summed E-state index contributed by atoms with van der Waals surface area (Å²) < 4.78 is 26.6. The number of benzene rings is 1. The van der Waals surface area contributed by atoms with E-state index in [1.807, 2.05) is 5.32 Å². The van der Waals surface area contributed by atoms with Gasteiger partial charge < -0.3 is 15.7 Å². The lowest BCUT2D eigenvalue weighted by Gasteiger charge is -2.24. The predicted octanol–water partition coefficient (Wildman–Crippen LogP) is 2.34. The number of hydrogen-bond donors (Lipinski definition) is 3. The summed E-state index contributed by atoms with van der Waals surface area (Å²) in [5.74, 6) is -3.12. The highest BCUT2D eigenvalue weighted by molar-refractivity contribution is 5.93. The van der Waals surface area contributed by atoms with Crippen LogP contribution in [0.3, 0.4) is 0 Å². The van der Waals surface area contributed by atoms with E-state index in [1.54, 1.807) is 6.92 Å². The first-order valence-electron chi connectivity index (χ1n) is 5.56. The number of carboxylic acid groups (broad SMARTS) is 1. The van der Waals surface area contributed by atoms with Crippen molar-refractivity contribution >= 4 is 17.7 Å². The molecular weight excluding hydrogens is 258 g/mol. The van der Waals surface area contributed by atoms with Gasteiger partial charge in [0, 0.05) is 0 Å². The highest BCUT2D eigenvalue weighted by atomic mass is 19.1. The average Bonchev–Trinajstić information content (AvgIpc) is 2.33. The monoisotopic (exact) mass is 272 g/mol. The summed E-state index contributed by atoms with van der Waals surface area (Å²) in [5.41, 5.74) is -2.13. The predicted molar refractivity (Wildman–Crippen MR) is 64.8 cm³/mol. The van der Waals surface area contributed by atoms with Gasteiger partial charge in [-0.3, -0.25) is 0 Å². The molecule has 1 atom stereocenters. The first-order chi connectivity index (χ1) is 8.80. The quantitative estimate of drug-likeness (QED) is 0.787. The van der Waals surface area contributed by atoms with E-state index >= 15 is 0 Å². The van der Waals surface area contributed by atoms with Crippen molar-refractivity contribution in [3.8, 4) is 0 Å². The molecule has 2 amide bonds. The van der Waals surface area contributed by atoms with Crippen LogP contribution in [0.1, 0.15) is 20.3 Å². The maximum Gasteiger partial charge on any atom is 0.329 e. The van der Waals surface area contributed by atoms with Crippen molar-refractivity contribution in [2.45, 2.75) is 25.8 Å². The highest BCUT2D eigenvalue weighted by Crippen LogP contribution is 2.18. The molecule has 0 radical (unpaired) electrons. The molecule has 1 unspecified atom stereocenters. The van der Waals surface area contributed by atoms with E-state index < -0.39 is 34.9 Å². The van der Waals surface area contributed by atoms with Crippen molar-refractivity contribution in [3.63, 3.8) is 0 Å². The van der Waals surface area contributed by atoms with Crippen LogP contribution in [0.15, 0.2) is 18.2 Å². The van der Waals surface area contributed by atoms with Crippen LogP contribution in [-0.2, 0) is 4.79 Å². The van der Waals surface area contributed by atoms with Crippen LogP contribution in [0, 0.1) is 11.6 Å². The number of carboxylic acids is 1. The molecule has 7 heteroatoms. The SMILES string of the molecule is CCC(C)(NC(=O)Nc1c(F)cccc1F)C(=O)O. The summed E-state index contributed by atoms with van der Waals surface area (Å²) in [6.07, 6.45) is 0.121. The molecule has 0 aliphatic rings. The summed E-state index contributed by atoms with van der Waals surface area (Å²) in [6, 6.07) is 2.13. The van der Waals surface area contributed by atoms with Gasteiger partial charge in [-0.1, -0.05) is 13.0 Å². The van der Waals surface area contributed by atoms with Gasteiger partial charge in [0.1, 0.15) is 22.9 Å². The molecule has 0 heterocycles. The van der Waals surface area contributed by atoms with Gasteiger partial charge in [-0.25, -0.2) is 18.4 Å². The summed E-state index contributed by atoms with van der Waals surface area (Å²) in [5, 5.41) is 13.1. The molecule has 0 spiro atoms. The van der Waals surface area contributed by atoms with E-state index in [4.69, 9.17) is 5.11 Å². The zero-order valence-electron chi connectivity index (χ0n) is 10.5. The van der Waals surface area contributed by atoms with E-state index in [0.29, 0.717) is 0 Å². The standard InChI is InChI=1S/C12H14F2N2O3/c1-3-12(2,10(17)18)16-11(19)15-9-7(13)5-4-6-8(9)14/h4-6H,3H2,1-2H3,(H,17,18)(H2,15,16,19). The molecule has 3 N–H and O–H groups in total. The molecular formula is C12H14F2N2O3. The number of halogens is 2. The van der Waals surface area contributed by atoms with Crippen molar-refractivity contribution < 1.29 is 23.5 Å². The first-order valence-corrected chi connectivity index (χ1v) is 5.56. The minimum Gasteiger partial charge on any atom is -0.480 e. The molecule has 19 heavy (non-hydrogen) atoms. The summed E-state index contributed by atoms with van der Waals surface area (Å²) >= 11 is 0. The van der Waals surface area contributed by atoms with Gasteiger partial charge in [-0.2, -0.15) is 0 Å². The third-order valence-corrected chi connectivity index (χ3v) is 2.77. The van der Waals surface area contributed by atoms with Crippen LogP contribution in [-0.4, -0.2) is 22.6 Å². The Morgan fingerprint density at radius 1 is 1.32 bits per heavy atom. The van der Waals surface area contributed by atoms with Crippen molar-refractivity contribution in [2.24, 2.45) is 0 Å². The number of rotatable bonds is 4. The lowest BCUT2D eigenvalue weighted by molar-refractivity contribution is -0.143. The molecule has 1 rings (SSSR count). The Morgan fingerprint density at radius 3 is 2.26 bits per heavy atom. The lowest BCUT2D eigenvalue weighted by atomic mass is 10.00. The molecule has 5 nitrogen and oxygen atoms in total. The van der Waals surface area contributed by atoms with E-state index in [-0.39, 0.29) is 6.42 Å². The Bertz CT molecular complexity index is 487. The molecule has 104 valence electrons. The fourth-order valence-corrected chi connectivity index (χ4v) is 1.31. The number of para-hydroxylation sites is 1. The van der Waals surface area contributed by atoms with Crippen molar-refractivity contribution in [3.05, 3.63) is 29.8 Å². The number of nitrogens with one attached hydrogen (secondary N) is 2. The minimum absolute atomic E-state index is 0.121. The van der Waals surface area contributed by atoms with Crippen LogP contribution in [0.25, 0.3) is 0 Å². The van der Waals surface area contributed by atoms with Crippen molar-refractivity contribution in [1.29, 1.82) is 0 Å². The van der Waals surface area contributed by atoms with E-state index in [1.165, 1.54) is 6.92 Å². The van der Waals surface area contributed by atoms with Gasteiger partial charge in [-0.05, 0) is 25.5 Å². The third-order valence-electron chi connectivity index (χ3n) is 2.77. The van der Waals surface area contributed by atoms with Gasteiger partial charge in [0.05, 0.1) is 0 Å². The fourth-order valence-electron chi connectivity index (χ4n) is 1.31. The Morgan fingerprint density at radius 2 is 1.84 bits per heavy atom. The Kier molecular flexibility index (Phi) is 4.42. The minimum atomic E-state index is -1.51. The van der Waals surface area contributed by atoms with Gasteiger partial charge in [0.15, 0.2) is 0 Å². The molecule has 0 saturated carbocycles. The molecule has 1 aromatic carbocycles. The summed E-state index contributed by atoms with van der Waals surface area (Å²) in [6.45, 7) is 2.87. The summed E-state index contributed by atoms with van der Waals surface area (Å²) in [4.78, 5) is 22.6. The van der Waals surface area contributed by atoms with Gasteiger partial charge in [-0.15, -0.1) is 0 Å². The maximum atomic E-state index is 13.3. The zero-order chi connectivity index (χ0) is 14.6. The number of carbonyl (C=O) groups is 2. The highest BCUT2D eigenvalue weighted by Gasteiger charge is 2.33. The van der Waals surface area contributed by atoms with Crippen LogP contribution in [0.5, 0.6) is 0 Å². The van der Waals surface area contributed by atoms with E-state index in [2.05, 4.69) is 5.32 Å². The molecule has 0 bridgehead atoms. The largest absolute Gasteiger partial charge is 0.480 e. The Hall–Kier alpha value is -2.18. The first kappa shape index (κ1) is 14.9. The van der Waals surface area contributed by atoms with Crippen LogP contribution in [0.2, 0.25) is 0 Å². The Labute approximate surface area is 108 Å². The average molecular weight is 272 g/mol. The number of carbonyl (C=O) groups excluding carboxylic acids is 1. The zero-order valence-corrected chi connectivity index (χ0v) is 10.5. The summed E-state index contributed by atoms with van der Waals surface area (Å²) in [7, 11) is 0. The van der Waals surface area contributed by atoms with Gasteiger partial charge in [0.2, 0.25) is 0 Å². The second-order valence-corrected chi connectivity index (χ2v) is 4.17. The lowest BCUT2D eigenvalue weighted by Crippen LogP contribution is -2.53. The molecule has 0 fully saturated rings. The number of amides is 2. The second-order valence-electron chi connectivity index (χ2n) is 4.17. The second kappa shape index (κ2) is 5.64. The molecule has 0 saturated heterocycles. The molecule has 0 aromatic heterocycles. The van der Waals surface area contributed by atoms with Crippen molar-refractivity contribution in [1.82, 2.24) is 5.32 Å². The topological polar surface area (TPSA) is 78.4 Å². The van der Waals surface area contributed by atoms with Crippen molar-refractivity contribution in [2.75, 3.05) is 5.32 Å². The number of urea groups is 1. The maximum absolute atomic E-state index is 13.3. The number of anilines is 1. The number of aliphatic carboxylic acids is 1. The van der Waals surface area contributed by atoms with Crippen LogP contribution >= 0.6 is 0 Å². The smallest absolute Gasteiger partial charge is 0.329 e. The van der Waals surface area contributed by atoms with E-state index in [0.717, 1.165) is 18.2 Å². The van der Waals surface area contributed by atoms with Gasteiger partial charge in [0.25, 0.3) is 0 Å². The normalized spacial score (nSPS) is 13.5. The molecule has 0 aliphatic carbocycles.